The summed E-state index contributed by atoms with van der Waals surface area (Å²) >= 11 is 10.8. The summed E-state index contributed by atoms with van der Waals surface area (Å²) in [6.07, 6.45) is 1.71. The van der Waals surface area contributed by atoms with Gasteiger partial charge in [-0.1, -0.05) is 72.3 Å². The predicted octanol–water partition coefficient (Wildman–Crippen LogP) is 8.47. The number of fused-ring (bicyclic) bond motifs is 1. The molecule has 0 aromatic heterocycles. The van der Waals surface area contributed by atoms with Crippen LogP contribution in [0.4, 0.5) is 4.79 Å². The van der Waals surface area contributed by atoms with Crippen molar-refractivity contribution in [2.45, 2.75) is 20.1 Å². The number of benzene rings is 4. The highest BCUT2D eigenvalue weighted by atomic mass is 79.9. The molecule has 0 aliphatic carbocycles. The Balaban J connectivity index is 1.39. The summed E-state index contributed by atoms with van der Waals surface area (Å²) in [7, 11) is 0. The fraction of sp³-hybridized carbons (Fsp3) is 0.133. The van der Waals surface area contributed by atoms with Gasteiger partial charge in [0.1, 0.15) is 6.61 Å². The number of ether oxygens (including phenoxy) is 2. The van der Waals surface area contributed by atoms with Crippen LogP contribution in [0.1, 0.15) is 23.6 Å². The van der Waals surface area contributed by atoms with Crippen LogP contribution in [0.2, 0.25) is 5.02 Å². The van der Waals surface area contributed by atoms with E-state index in [0.29, 0.717) is 38.1 Å². The van der Waals surface area contributed by atoms with E-state index in [1.807, 2.05) is 79.7 Å². The third kappa shape index (κ3) is 5.60. The van der Waals surface area contributed by atoms with E-state index in [4.69, 9.17) is 21.1 Å². The predicted molar refractivity (Wildman–Crippen MR) is 157 cm³/mol. The van der Waals surface area contributed by atoms with Gasteiger partial charge in [0.25, 0.3) is 11.1 Å². The fourth-order valence-corrected chi connectivity index (χ4v) is 5.83. The minimum absolute atomic E-state index is 0.214. The Morgan fingerprint density at radius 2 is 1.68 bits per heavy atom. The first-order valence-electron chi connectivity index (χ1n) is 12.0. The highest BCUT2D eigenvalue weighted by Crippen LogP contribution is 2.40. The van der Waals surface area contributed by atoms with Crippen molar-refractivity contribution in [3.05, 3.63) is 110 Å². The molecule has 38 heavy (non-hydrogen) atoms. The first kappa shape index (κ1) is 26.4. The molecule has 1 fully saturated rings. The van der Waals surface area contributed by atoms with E-state index >= 15 is 0 Å². The van der Waals surface area contributed by atoms with Crippen molar-refractivity contribution in [2.24, 2.45) is 0 Å². The van der Waals surface area contributed by atoms with Gasteiger partial charge in [-0.25, -0.2) is 0 Å². The molecular formula is C30H23BrClNO4S. The average Bonchev–Trinajstić information content (AvgIpc) is 3.16. The Bertz CT molecular complexity index is 1570. The normalized spacial score (nSPS) is 14.5. The van der Waals surface area contributed by atoms with Crippen LogP contribution in [0.3, 0.4) is 0 Å². The number of halogens is 2. The van der Waals surface area contributed by atoms with Crippen LogP contribution in [0.15, 0.2) is 88.2 Å². The number of nitrogens with zero attached hydrogens (tertiary/aromatic N) is 1. The zero-order valence-corrected chi connectivity index (χ0v) is 23.6. The Labute approximate surface area is 238 Å². The quantitative estimate of drug-likeness (QED) is 0.188. The maximum atomic E-state index is 13.3. The Kier molecular flexibility index (Phi) is 8.07. The zero-order valence-electron chi connectivity index (χ0n) is 20.4. The lowest BCUT2D eigenvalue weighted by molar-refractivity contribution is -0.123. The lowest BCUT2D eigenvalue weighted by Crippen LogP contribution is -2.27. The Morgan fingerprint density at radius 3 is 2.50 bits per heavy atom. The van der Waals surface area contributed by atoms with Crippen LogP contribution < -0.4 is 9.47 Å². The number of thioether (sulfide) groups is 1. The van der Waals surface area contributed by atoms with E-state index in [2.05, 4.69) is 15.9 Å². The standard InChI is InChI=1S/C30H23BrClNO4S/c1-2-36-26-15-19(14-24(31)28(26)37-18-22-9-4-6-13-25(22)32)16-27-29(34)33(30(35)38-27)17-21-11-7-10-20-8-3-5-12-23(20)21/h3-16H,2,17-18H2,1H3/b27-16-. The van der Waals surface area contributed by atoms with E-state index in [-0.39, 0.29) is 24.3 Å². The first-order chi connectivity index (χ1) is 18.4. The van der Waals surface area contributed by atoms with E-state index in [1.54, 1.807) is 12.1 Å². The number of rotatable bonds is 8. The van der Waals surface area contributed by atoms with Gasteiger partial charge in [-0.3, -0.25) is 14.5 Å². The van der Waals surface area contributed by atoms with Gasteiger partial charge in [0, 0.05) is 10.6 Å². The van der Waals surface area contributed by atoms with Crippen LogP contribution in [0, 0.1) is 0 Å². The minimum atomic E-state index is -0.318. The smallest absolute Gasteiger partial charge is 0.293 e. The summed E-state index contributed by atoms with van der Waals surface area (Å²) < 4.78 is 12.6. The molecule has 1 aliphatic heterocycles. The molecule has 2 amide bonds. The van der Waals surface area contributed by atoms with Crippen LogP contribution in [0.5, 0.6) is 11.5 Å². The fourth-order valence-electron chi connectivity index (χ4n) is 4.23. The summed E-state index contributed by atoms with van der Waals surface area (Å²) in [6, 6.07) is 25.0. The summed E-state index contributed by atoms with van der Waals surface area (Å²) in [5, 5.41) is 2.42. The van der Waals surface area contributed by atoms with Gasteiger partial charge in [-0.2, -0.15) is 0 Å². The van der Waals surface area contributed by atoms with E-state index < -0.39 is 0 Å². The van der Waals surface area contributed by atoms with Crippen molar-refractivity contribution >= 4 is 67.3 Å². The number of carbonyl (C=O) groups excluding carboxylic acids is 2. The Hall–Kier alpha value is -3.26. The third-order valence-electron chi connectivity index (χ3n) is 6.04. The molecular weight excluding hydrogens is 586 g/mol. The van der Waals surface area contributed by atoms with Gasteiger partial charge >= 0.3 is 0 Å². The highest BCUT2D eigenvalue weighted by molar-refractivity contribution is 9.10. The summed E-state index contributed by atoms with van der Waals surface area (Å²) in [5.41, 5.74) is 2.49. The van der Waals surface area contributed by atoms with Crippen LogP contribution in [-0.4, -0.2) is 22.7 Å². The van der Waals surface area contributed by atoms with Crippen molar-refractivity contribution in [3.8, 4) is 11.5 Å². The molecule has 192 valence electrons. The lowest BCUT2D eigenvalue weighted by atomic mass is 10.0. The van der Waals surface area contributed by atoms with E-state index in [9.17, 15) is 9.59 Å². The third-order valence-corrected chi connectivity index (χ3v) is 7.91. The topological polar surface area (TPSA) is 55.8 Å². The molecule has 1 saturated heterocycles. The molecule has 0 bridgehead atoms. The second kappa shape index (κ2) is 11.6. The van der Waals surface area contributed by atoms with Gasteiger partial charge in [0.2, 0.25) is 0 Å². The largest absolute Gasteiger partial charge is 0.490 e. The number of hydrogen-bond donors (Lipinski definition) is 0. The maximum Gasteiger partial charge on any atom is 0.293 e. The van der Waals surface area contributed by atoms with Gasteiger partial charge in [0.15, 0.2) is 11.5 Å². The van der Waals surface area contributed by atoms with Crippen molar-refractivity contribution in [2.75, 3.05) is 6.61 Å². The van der Waals surface area contributed by atoms with E-state index in [1.165, 1.54) is 4.90 Å². The van der Waals surface area contributed by atoms with Crippen molar-refractivity contribution in [3.63, 3.8) is 0 Å². The lowest BCUT2D eigenvalue weighted by Gasteiger charge is -2.15. The highest BCUT2D eigenvalue weighted by Gasteiger charge is 2.35. The summed E-state index contributed by atoms with van der Waals surface area (Å²) in [5.74, 6) is 0.740. The molecule has 0 atom stereocenters. The molecule has 5 rings (SSSR count). The SMILES string of the molecule is CCOc1cc(/C=C2\SC(=O)N(Cc3cccc4ccccc34)C2=O)cc(Br)c1OCc1ccccc1Cl. The first-order valence-corrected chi connectivity index (χ1v) is 14.0. The van der Waals surface area contributed by atoms with Gasteiger partial charge in [-0.15, -0.1) is 0 Å². The minimum Gasteiger partial charge on any atom is -0.490 e. The summed E-state index contributed by atoms with van der Waals surface area (Å²) in [6.45, 7) is 2.80. The second-order valence-corrected chi connectivity index (χ2v) is 10.8. The number of amides is 2. The summed E-state index contributed by atoms with van der Waals surface area (Å²) in [4.78, 5) is 27.7. The molecule has 1 heterocycles. The molecule has 0 radical (unpaired) electrons. The number of carbonyl (C=O) groups is 2. The van der Waals surface area contributed by atoms with Crippen molar-refractivity contribution in [1.82, 2.24) is 4.90 Å². The van der Waals surface area contributed by atoms with E-state index in [0.717, 1.165) is 33.7 Å². The zero-order chi connectivity index (χ0) is 26.6. The van der Waals surface area contributed by atoms with Crippen molar-refractivity contribution < 1.29 is 19.1 Å². The molecule has 0 unspecified atom stereocenters. The monoisotopic (exact) mass is 607 g/mol. The van der Waals surface area contributed by atoms with Gasteiger partial charge < -0.3 is 9.47 Å². The molecule has 0 saturated carbocycles. The van der Waals surface area contributed by atoms with Crippen LogP contribution in [0.25, 0.3) is 16.8 Å². The number of hydrogen-bond acceptors (Lipinski definition) is 5. The van der Waals surface area contributed by atoms with Crippen LogP contribution >= 0.6 is 39.3 Å². The molecule has 8 heteroatoms. The second-order valence-electron chi connectivity index (χ2n) is 8.55. The van der Waals surface area contributed by atoms with Gasteiger partial charge in [-0.05, 0) is 80.8 Å². The molecule has 5 nitrogen and oxygen atoms in total. The Morgan fingerprint density at radius 1 is 0.947 bits per heavy atom. The maximum absolute atomic E-state index is 13.3. The molecule has 0 N–H and O–H groups in total. The van der Waals surface area contributed by atoms with Crippen LogP contribution in [-0.2, 0) is 17.9 Å². The molecule has 4 aromatic carbocycles. The van der Waals surface area contributed by atoms with Crippen molar-refractivity contribution in [1.29, 1.82) is 0 Å². The molecule has 1 aliphatic rings. The van der Waals surface area contributed by atoms with Gasteiger partial charge in [0.05, 0.1) is 22.5 Å². The molecule has 4 aromatic rings. The number of imide groups is 1. The molecule has 0 spiro atoms. The average molecular weight is 609 g/mol.